The maximum absolute atomic E-state index is 13.0. The number of methoxy groups -OCH3 is 1. The minimum Gasteiger partial charge on any atom is -0.497 e. The molecule has 4 amide bonds. The number of carbonyl (C=O) groups excluding carboxylic acids is 3. The van der Waals surface area contributed by atoms with E-state index < -0.39 is 17.5 Å². The van der Waals surface area contributed by atoms with Crippen molar-refractivity contribution in [3.8, 4) is 17.6 Å². The van der Waals surface area contributed by atoms with Gasteiger partial charge in [0, 0.05) is 36.9 Å². The van der Waals surface area contributed by atoms with Crippen molar-refractivity contribution in [1.82, 2.24) is 15.5 Å². The van der Waals surface area contributed by atoms with Crippen LogP contribution in [0.3, 0.4) is 0 Å². The second-order valence-electron chi connectivity index (χ2n) is 8.20. The molecule has 0 spiro atoms. The van der Waals surface area contributed by atoms with Crippen LogP contribution < -0.4 is 21.1 Å². The summed E-state index contributed by atoms with van der Waals surface area (Å²) >= 11 is 0. The van der Waals surface area contributed by atoms with Crippen molar-refractivity contribution < 1.29 is 19.1 Å². The molecule has 2 aliphatic rings. The van der Waals surface area contributed by atoms with Crippen molar-refractivity contribution in [3.63, 3.8) is 0 Å². The molecule has 0 radical (unpaired) electrons. The van der Waals surface area contributed by atoms with Gasteiger partial charge in [0.1, 0.15) is 5.75 Å². The van der Waals surface area contributed by atoms with Crippen molar-refractivity contribution in [2.45, 2.75) is 18.5 Å². The lowest BCUT2D eigenvalue weighted by Crippen LogP contribution is -2.54. The van der Waals surface area contributed by atoms with E-state index in [4.69, 9.17) is 15.9 Å². The van der Waals surface area contributed by atoms with Gasteiger partial charge < -0.3 is 26.1 Å². The molecule has 0 aliphatic carbocycles. The SMILES string of the molecule is CN=C(N)CC(=N)c1ccc(C#CC2(CN3Cc4ccc(OC)cc4C3=O)NC(=O)NC2=O)cc1. The Morgan fingerprint density at radius 2 is 1.97 bits per heavy atom. The van der Waals surface area contributed by atoms with Crippen LogP contribution >= 0.6 is 0 Å². The fourth-order valence-corrected chi connectivity index (χ4v) is 3.91. The minimum absolute atomic E-state index is 0.119. The van der Waals surface area contributed by atoms with E-state index in [1.807, 2.05) is 0 Å². The largest absolute Gasteiger partial charge is 0.497 e. The van der Waals surface area contributed by atoms with E-state index in [1.165, 1.54) is 12.0 Å². The Hall–Kier alpha value is -4.65. The number of hydrogen-bond donors (Lipinski definition) is 4. The summed E-state index contributed by atoms with van der Waals surface area (Å²) in [5, 5.41) is 12.9. The molecule has 0 aromatic heterocycles. The van der Waals surface area contributed by atoms with Gasteiger partial charge in [-0.25, -0.2) is 4.79 Å². The van der Waals surface area contributed by atoms with Crippen molar-refractivity contribution in [2.75, 3.05) is 20.7 Å². The van der Waals surface area contributed by atoms with Crippen LogP contribution in [0, 0.1) is 17.3 Å². The fourth-order valence-electron chi connectivity index (χ4n) is 3.91. The molecule has 1 atom stereocenters. The van der Waals surface area contributed by atoms with Crippen LogP contribution in [0.1, 0.15) is 33.5 Å². The van der Waals surface area contributed by atoms with E-state index >= 15 is 0 Å². The molecule has 2 aliphatic heterocycles. The summed E-state index contributed by atoms with van der Waals surface area (Å²) in [7, 11) is 3.09. The quantitative estimate of drug-likeness (QED) is 0.214. The highest BCUT2D eigenvalue weighted by atomic mass is 16.5. The molecule has 2 heterocycles. The molecule has 10 nitrogen and oxygen atoms in total. The van der Waals surface area contributed by atoms with Crippen LogP contribution in [0.25, 0.3) is 0 Å². The Labute approximate surface area is 202 Å². The third-order valence-corrected chi connectivity index (χ3v) is 5.86. The van der Waals surface area contributed by atoms with Gasteiger partial charge >= 0.3 is 6.03 Å². The third kappa shape index (κ3) is 4.70. The summed E-state index contributed by atoms with van der Waals surface area (Å²) < 4.78 is 5.20. The smallest absolute Gasteiger partial charge is 0.323 e. The molecule has 0 saturated carbocycles. The first-order valence-corrected chi connectivity index (χ1v) is 10.8. The van der Waals surface area contributed by atoms with Gasteiger partial charge in [0.2, 0.25) is 5.54 Å². The first kappa shape index (κ1) is 23.5. The Bertz CT molecular complexity index is 1320. The summed E-state index contributed by atoms with van der Waals surface area (Å²) in [4.78, 5) is 43.1. The van der Waals surface area contributed by atoms with Crippen LogP contribution in [0.5, 0.6) is 5.75 Å². The highest BCUT2D eigenvalue weighted by molar-refractivity contribution is 6.11. The van der Waals surface area contributed by atoms with Crippen LogP contribution in [-0.4, -0.2) is 60.5 Å². The Kier molecular flexibility index (Phi) is 6.25. The third-order valence-electron chi connectivity index (χ3n) is 5.86. The molecular formula is C25H24N6O4. The Morgan fingerprint density at radius 3 is 2.60 bits per heavy atom. The molecule has 1 unspecified atom stereocenters. The zero-order valence-electron chi connectivity index (χ0n) is 19.3. The average Bonchev–Trinajstić information content (AvgIpc) is 3.31. The van der Waals surface area contributed by atoms with Gasteiger partial charge in [0.15, 0.2) is 0 Å². The number of carbonyl (C=O) groups is 3. The molecule has 2 aromatic carbocycles. The van der Waals surface area contributed by atoms with E-state index in [9.17, 15) is 14.4 Å². The molecule has 0 bridgehead atoms. The molecule has 1 fully saturated rings. The van der Waals surface area contributed by atoms with Crippen molar-refractivity contribution in [2.24, 2.45) is 10.7 Å². The standard InChI is InChI=1S/C25H24N6O4/c1-28-21(27)12-20(26)16-5-3-15(4-6-16)9-10-25(23(33)29-24(34)30-25)14-31-13-17-7-8-18(35-2)11-19(17)22(31)32/h3-8,11,26H,12-14H2,1-2H3,(H2,27,28)(H2,29,30,33,34). The first-order chi connectivity index (χ1) is 16.7. The summed E-state index contributed by atoms with van der Waals surface area (Å²) in [6.07, 6.45) is 0.231. The number of urea groups is 1. The maximum Gasteiger partial charge on any atom is 0.323 e. The van der Waals surface area contributed by atoms with Crippen LogP contribution in [0.2, 0.25) is 0 Å². The average molecular weight is 473 g/mol. The van der Waals surface area contributed by atoms with Gasteiger partial charge in [-0.3, -0.25) is 19.9 Å². The lowest BCUT2D eigenvalue weighted by molar-refractivity contribution is -0.122. The number of amidine groups is 1. The molecule has 35 heavy (non-hydrogen) atoms. The van der Waals surface area contributed by atoms with Gasteiger partial charge in [-0.15, -0.1) is 0 Å². The highest BCUT2D eigenvalue weighted by Crippen LogP contribution is 2.28. The number of nitrogens with one attached hydrogen (secondary N) is 3. The number of amides is 4. The van der Waals surface area contributed by atoms with Crippen molar-refractivity contribution in [3.05, 3.63) is 64.7 Å². The van der Waals surface area contributed by atoms with Crippen LogP contribution in [-0.2, 0) is 11.3 Å². The van der Waals surface area contributed by atoms with E-state index in [2.05, 4.69) is 27.5 Å². The second kappa shape index (κ2) is 9.30. The van der Waals surface area contributed by atoms with Gasteiger partial charge in [0.05, 0.1) is 19.5 Å². The van der Waals surface area contributed by atoms with Crippen LogP contribution in [0.15, 0.2) is 47.5 Å². The van der Waals surface area contributed by atoms with E-state index in [0.717, 1.165) is 5.56 Å². The number of nitrogens with two attached hydrogens (primary N) is 1. The molecule has 4 rings (SSSR count). The number of rotatable bonds is 6. The first-order valence-electron chi connectivity index (χ1n) is 10.8. The number of benzene rings is 2. The van der Waals surface area contributed by atoms with E-state index in [1.54, 1.807) is 49.5 Å². The lowest BCUT2D eigenvalue weighted by Gasteiger charge is -2.26. The molecule has 2 aromatic rings. The Morgan fingerprint density at radius 1 is 1.23 bits per heavy atom. The van der Waals surface area contributed by atoms with Crippen LogP contribution in [0.4, 0.5) is 4.79 Å². The number of nitrogens with zero attached hydrogens (tertiary/aromatic N) is 2. The van der Waals surface area contributed by atoms with Gasteiger partial charge in [-0.05, 0) is 35.4 Å². The monoisotopic (exact) mass is 472 g/mol. The van der Waals surface area contributed by atoms with Crippen molar-refractivity contribution in [1.29, 1.82) is 5.41 Å². The predicted molar refractivity (Wildman–Crippen MR) is 129 cm³/mol. The minimum atomic E-state index is -1.60. The normalized spacial score (nSPS) is 19.0. The number of imide groups is 1. The van der Waals surface area contributed by atoms with E-state index in [0.29, 0.717) is 34.0 Å². The van der Waals surface area contributed by atoms with Crippen molar-refractivity contribution >= 4 is 29.4 Å². The zero-order valence-corrected chi connectivity index (χ0v) is 19.3. The molecule has 1 saturated heterocycles. The van der Waals surface area contributed by atoms with Gasteiger partial charge in [-0.1, -0.05) is 30.0 Å². The summed E-state index contributed by atoms with van der Waals surface area (Å²) in [5.74, 6) is 5.82. The fraction of sp³-hybridized carbons (Fsp3) is 0.240. The lowest BCUT2D eigenvalue weighted by atomic mass is 9.98. The number of hydrogen-bond acceptors (Lipinski definition) is 6. The summed E-state index contributed by atoms with van der Waals surface area (Å²) in [6, 6.07) is 11.4. The second-order valence-corrected chi connectivity index (χ2v) is 8.20. The molecule has 5 N–H and O–H groups in total. The maximum atomic E-state index is 13.0. The van der Waals surface area contributed by atoms with Gasteiger partial charge in [-0.2, -0.15) is 0 Å². The number of ether oxygens (including phenoxy) is 1. The molecular weight excluding hydrogens is 448 g/mol. The number of aliphatic imine (C=N–C) groups is 1. The van der Waals surface area contributed by atoms with E-state index in [-0.39, 0.29) is 25.4 Å². The Balaban J connectivity index is 1.57. The predicted octanol–water partition coefficient (Wildman–Crippen LogP) is 1.03. The zero-order chi connectivity index (χ0) is 25.2. The topological polar surface area (TPSA) is 150 Å². The molecule has 178 valence electrons. The molecule has 10 heteroatoms. The summed E-state index contributed by atoms with van der Waals surface area (Å²) in [5.41, 5.74) is 6.95. The van der Waals surface area contributed by atoms with Gasteiger partial charge in [0.25, 0.3) is 11.8 Å². The highest BCUT2D eigenvalue weighted by Gasteiger charge is 2.48. The number of fused-ring (bicyclic) bond motifs is 1. The summed E-state index contributed by atoms with van der Waals surface area (Å²) in [6.45, 7) is 0.164.